The second-order valence-electron chi connectivity index (χ2n) is 3.33. The molecule has 0 unspecified atom stereocenters. The summed E-state index contributed by atoms with van der Waals surface area (Å²) in [5.74, 6) is 0.774. The SMILES string of the molecule is Brc1ccc(Nc2nc3ccccc3[nH]2)s1. The summed E-state index contributed by atoms with van der Waals surface area (Å²) < 4.78 is 1.10. The smallest absolute Gasteiger partial charge is 0.206 e. The Morgan fingerprint density at radius 2 is 2.06 bits per heavy atom. The summed E-state index contributed by atoms with van der Waals surface area (Å²) in [7, 11) is 0. The van der Waals surface area contributed by atoms with Crippen LogP contribution in [0.5, 0.6) is 0 Å². The van der Waals surface area contributed by atoms with E-state index in [9.17, 15) is 0 Å². The highest BCUT2D eigenvalue weighted by Crippen LogP contribution is 2.28. The number of H-pyrrole nitrogens is 1. The van der Waals surface area contributed by atoms with Crippen molar-refractivity contribution in [1.29, 1.82) is 0 Å². The predicted molar refractivity (Wildman–Crippen MR) is 71.4 cm³/mol. The predicted octanol–water partition coefficient (Wildman–Crippen LogP) is 4.13. The maximum absolute atomic E-state index is 4.44. The molecular formula is C11H8BrN3S. The largest absolute Gasteiger partial charge is 0.324 e. The van der Waals surface area contributed by atoms with Gasteiger partial charge in [0.2, 0.25) is 5.95 Å². The molecule has 0 aliphatic rings. The van der Waals surface area contributed by atoms with Crippen molar-refractivity contribution >= 4 is 49.2 Å². The van der Waals surface area contributed by atoms with E-state index in [4.69, 9.17) is 0 Å². The first-order valence-corrected chi connectivity index (χ1v) is 6.39. The zero-order valence-electron chi connectivity index (χ0n) is 8.20. The Morgan fingerprint density at radius 1 is 1.19 bits per heavy atom. The van der Waals surface area contributed by atoms with Gasteiger partial charge in [-0.15, -0.1) is 11.3 Å². The fraction of sp³-hybridized carbons (Fsp3) is 0. The van der Waals surface area contributed by atoms with Crippen molar-refractivity contribution in [1.82, 2.24) is 9.97 Å². The second kappa shape index (κ2) is 3.92. The minimum atomic E-state index is 0.774. The zero-order chi connectivity index (χ0) is 11.0. The molecule has 0 amide bonds. The van der Waals surface area contributed by atoms with Crippen LogP contribution in [0.3, 0.4) is 0 Å². The normalized spacial score (nSPS) is 10.8. The van der Waals surface area contributed by atoms with Crippen LogP contribution in [0.1, 0.15) is 0 Å². The van der Waals surface area contributed by atoms with Crippen LogP contribution >= 0.6 is 27.3 Å². The molecule has 0 aliphatic heterocycles. The Morgan fingerprint density at radius 3 is 2.81 bits per heavy atom. The third-order valence-corrected chi connectivity index (χ3v) is 3.74. The number of hydrogen-bond donors (Lipinski definition) is 2. The zero-order valence-corrected chi connectivity index (χ0v) is 10.6. The van der Waals surface area contributed by atoms with Gasteiger partial charge in [-0.2, -0.15) is 0 Å². The molecule has 3 rings (SSSR count). The van der Waals surface area contributed by atoms with E-state index in [1.807, 2.05) is 36.4 Å². The van der Waals surface area contributed by atoms with E-state index >= 15 is 0 Å². The molecule has 5 heteroatoms. The number of aromatic amines is 1. The van der Waals surface area contributed by atoms with Gasteiger partial charge in [0.15, 0.2) is 0 Å². The van der Waals surface area contributed by atoms with Gasteiger partial charge in [0.25, 0.3) is 0 Å². The quantitative estimate of drug-likeness (QED) is 0.746. The van der Waals surface area contributed by atoms with Crippen LogP contribution in [0, 0.1) is 0 Å². The lowest BCUT2D eigenvalue weighted by Crippen LogP contribution is -1.88. The van der Waals surface area contributed by atoms with Crippen molar-refractivity contribution in [2.24, 2.45) is 0 Å². The number of hydrogen-bond acceptors (Lipinski definition) is 3. The van der Waals surface area contributed by atoms with E-state index in [0.717, 1.165) is 25.8 Å². The average molecular weight is 294 g/mol. The molecule has 3 nitrogen and oxygen atoms in total. The van der Waals surface area contributed by atoms with E-state index in [0.29, 0.717) is 0 Å². The van der Waals surface area contributed by atoms with Gasteiger partial charge in [0.1, 0.15) is 0 Å². The lowest BCUT2D eigenvalue weighted by Gasteiger charge is -1.95. The maximum Gasteiger partial charge on any atom is 0.206 e. The number of imidazole rings is 1. The van der Waals surface area contributed by atoms with Gasteiger partial charge in [-0.1, -0.05) is 12.1 Å². The Bertz CT molecular complexity index is 596. The first-order chi connectivity index (χ1) is 7.81. The molecule has 0 bridgehead atoms. The number of nitrogens with one attached hydrogen (secondary N) is 2. The first kappa shape index (κ1) is 9.86. The average Bonchev–Trinajstić information content (AvgIpc) is 2.84. The van der Waals surface area contributed by atoms with Gasteiger partial charge in [-0.25, -0.2) is 4.98 Å². The number of rotatable bonds is 2. The number of aromatic nitrogens is 2. The van der Waals surface area contributed by atoms with Crippen molar-refractivity contribution in [2.45, 2.75) is 0 Å². The molecule has 0 atom stereocenters. The minimum absolute atomic E-state index is 0.774. The Labute approximate surface area is 105 Å². The number of fused-ring (bicyclic) bond motifs is 1. The molecule has 16 heavy (non-hydrogen) atoms. The Balaban J connectivity index is 1.95. The number of nitrogens with zero attached hydrogens (tertiary/aromatic N) is 1. The molecular weight excluding hydrogens is 286 g/mol. The molecule has 2 N–H and O–H groups in total. The maximum atomic E-state index is 4.44. The van der Waals surface area contributed by atoms with Crippen molar-refractivity contribution in [3.63, 3.8) is 0 Å². The van der Waals surface area contributed by atoms with Gasteiger partial charge >= 0.3 is 0 Å². The molecule has 2 heterocycles. The Hall–Kier alpha value is -1.33. The van der Waals surface area contributed by atoms with E-state index in [1.165, 1.54) is 0 Å². The van der Waals surface area contributed by atoms with Gasteiger partial charge in [0.05, 0.1) is 19.8 Å². The molecule has 1 aromatic carbocycles. The van der Waals surface area contributed by atoms with E-state index in [2.05, 4.69) is 31.2 Å². The second-order valence-corrected chi connectivity index (χ2v) is 5.79. The summed E-state index contributed by atoms with van der Waals surface area (Å²) in [6, 6.07) is 12.0. The molecule has 80 valence electrons. The number of thiophene rings is 1. The van der Waals surface area contributed by atoms with Crippen molar-refractivity contribution in [2.75, 3.05) is 5.32 Å². The van der Waals surface area contributed by atoms with Gasteiger partial charge in [0, 0.05) is 0 Å². The van der Waals surface area contributed by atoms with Gasteiger partial charge in [-0.05, 0) is 40.2 Å². The summed E-state index contributed by atoms with van der Waals surface area (Å²) in [4.78, 5) is 7.66. The molecule has 0 fully saturated rings. The highest BCUT2D eigenvalue weighted by atomic mass is 79.9. The van der Waals surface area contributed by atoms with Gasteiger partial charge < -0.3 is 10.3 Å². The molecule has 0 aliphatic carbocycles. The van der Waals surface area contributed by atoms with Crippen LogP contribution in [0.15, 0.2) is 40.2 Å². The van der Waals surface area contributed by atoms with E-state index < -0.39 is 0 Å². The van der Waals surface area contributed by atoms with Crippen LogP contribution in [0.4, 0.5) is 10.9 Å². The fourth-order valence-corrected chi connectivity index (χ4v) is 2.80. The first-order valence-electron chi connectivity index (χ1n) is 4.78. The number of benzene rings is 1. The number of halogens is 1. The van der Waals surface area contributed by atoms with Crippen molar-refractivity contribution < 1.29 is 0 Å². The third-order valence-electron chi connectivity index (χ3n) is 2.20. The summed E-state index contributed by atoms with van der Waals surface area (Å²) in [5.41, 5.74) is 2.02. The van der Waals surface area contributed by atoms with Crippen LogP contribution in [-0.2, 0) is 0 Å². The third kappa shape index (κ3) is 1.83. The van der Waals surface area contributed by atoms with Crippen LogP contribution in [0.2, 0.25) is 0 Å². The monoisotopic (exact) mass is 293 g/mol. The number of para-hydroxylation sites is 2. The highest BCUT2D eigenvalue weighted by Gasteiger charge is 2.03. The Kier molecular flexibility index (Phi) is 2.41. The van der Waals surface area contributed by atoms with Gasteiger partial charge in [-0.3, -0.25) is 0 Å². The summed E-state index contributed by atoms with van der Waals surface area (Å²) in [5, 5.41) is 4.30. The lowest BCUT2D eigenvalue weighted by molar-refractivity contribution is 1.32. The van der Waals surface area contributed by atoms with Crippen molar-refractivity contribution in [3.8, 4) is 0 Å². The summed E-state index contributed by atoms with van der Waals surface area (Å²) >= 11 is 5.07. The van der Waals surface area contributed by atoms with Crippen molar-refractivity contribution in [3.05, 3.63) is 40.2 Å². The molecule has 0 radical (unpaired) electrons. The molecule has 0 saturated carbocycles. The molecule has 3 aromatic rings. The summed E-state index contributed by atoms with van der Waals surface area (Å²) in [6.07, 6.45) is 0. The minimum Gasteiger partial charge on any atom is -0.324 e. The highest BCUT2D eigenvalue weighted by molar-refractivity contribution is 9.11. The molecule has 0 saturated heterocycles. The molecule has 2 aromatic heterocycles. The standard InChI is InChI=1S/C11H8BrN3S/c12-9-5-6-10(16-9)15-11-13-7-3-1-2-4-8(7)14-11/h1-6H,(H2,13,14,15). The fourth-order valence-electron chi connectivity index (χ4n) is 1.51. The van der Waals surface area contributed by atoms with Crippen LogP contribution < -0.4 is 5.32 Å². The topological polar surface area (TPSA) is 40.7 Å². The lowest BCUT2D eigenvalue weighted by atomic mass is 10.3. The van der Waals surface area contributed by atoms with E-state index in [1.54, 1.807) is 11.3 Å². The van der Waals surface area contributed by atoms with Crippen LogP contribution in [-0.4, -0.2) is 9.97 Å². The summed E-state index contributed by atoms with van der Waals surface area (Å²) in [6.45, 7) is 0. The molecule has 0 spiro atoms. The van der Waals surface area contributed by atoms with Crippen LogP contribution in [0.25, 0.3) is 11.0 Å². The number of anilines is 2. The van der Waals surface area contributed by atoms with E-state index in [-0.39, 0.29) is 0 Å².